The molecule has 0 fully saturated rings. The fourth-order valence-electron chi connectivity index (χ4n) is 1.75. The van der Waals surface area contributed by atoms with Crippen molar-refractivity contribution in [2.45, 2.75) is 6.54 Å². The normalized spacial score (nSPS) is 9.95. The van der Waals surface area contributed by atoms with Gasteiger partial charge in [-0.05, 0) is 29.8 Å². The van der Waals surface area contributed by atoms with E-state index in [9.17, 15) is 13.6 Å². The first kappa shape index (κ1) is 14.5. The van der Waals surface area contributed by atoms with Gasteiger partial charge >= 0.3 is 0 Å². The Balaban J connectivity index is 2.10. The maximum atomic E-state index is 13.7. The van der Waals surface area contributed by atoms with Crippen LogP contribution in [0.4, 0.5) is 14.5 Å². The highest BCUT2D eigenvalue weighted by atomic mass is 19.1. The van der Waals surface area contributed by atoms with E-state index in [-0.39, 0.29) is 6.54 Å². The quantitative estimate of drug-likeness (QED) is 0.850. The summed E-state index contributed by atoms with van der Waals surface area (Å²) in [5.41, 5.74) is 5.63. The van der Waals surface area contributed by atoms with E-state index in [1.165, 1.54) is 0 Å². The minimum Gasteiger partial charge on any atom is -0.396 e. The average molecular weight is 287 g/mol. The van der Waals surface area contributed by atoms with Crippen LogP contribution in [0.5, 0.6) is 0 Å². The maximum absolute atomic E-state index is 13.7. The summed E-state index contributed by atoms with van der Waals surface area (Å²) in [7, 11) is 0. The van der Waals surface area contributed by atoms with Crippen molar-refractivity contribution in [2.24, 2.45) is 0 Å². The third-order valence-corrected chi connectivity index (χ3v) is 2.85. The van der Waals surface area contributed by atoms with Gasteiger partial charge in [0.15, 0.2) is 5.82 Å². The smallest absolute Gasteiger partial charge is 0.254 e. The number of halogens is 2. The molecule has 0 aliphatic carbocycles. The third-order valence-electron chi connectivity index (χ3n) is 2.85. The second-order valence-corrected chi connectivity index (χ2v) is 4.35. The van der Waals surface area contributed by atoms with Crippen LogP contribution in [0.3, 0.4) is 0 Å². The van der Waals surface area contributed by atoms with Gasteiger partial charge in [-0.25, -0.2) is 8.78 Å². The van der Waals surface area contributed by atoms with E-state index in [4.69, 9.17) is 11.0 Å². The van der Waals surface area contributed by atoms with Crippen molar-refractivity contribution in [3.8, 4) is 6.07 Å². The lowest BCUT2D eigenvalue weighted by Crippen LogP contribution is -2.24. The van der Waals surface area contributed by atoms with Crippen LogP contribution in [0.15, 0.2) is 36.4 Å². The van der Waals surface area contributed by atoms with E-state index < -0.39 is 28.8 Å². The molecule has 2 rings (SSSR count). The number of carbonyl (C=O) groups is 1. The summed E-state index contributed by atoms with van der Waals surface area (Å²) in [4.78, 5) is 11.8. The number of nitrogen functional groups attached to an aromatic ring is 1. The minimum absolute atomic E-state index is 0.125. The average Bonchev–Trinajstić information content (AvgIpc) is 2.49. The van der Waals surface area contributed by atoms with Crippen molar-refractivity contribution < 1.29 is 13.6 Å². The number of nitriles is 1. The van der Waals surface area contributed by atoms with Gasteiger partial charge in [-0.1, -0.05) is 12.1 Å². The summed E-state index contributed by atoms with van der Waals surface area (Å²) in [6, 6.07) is 10.1. The van der Waals surface area contributed by atoms with Crippen molar-refractivity contribution in [2.75, 3.05) is 5.73 Å². The molecule has 0 radical (unpaired) electrons. The lowest BCUT2D eigenvalue weighted by atomic mass is 10.1. The first-order valence-corrected chi connectivity index (χ1v) is 6.03. The lowest BCUT2D eigenvalue weighted by molar-refractivity contribution is 0.0946. The van der Waals surface area contributed by atoms with Crippen LogP contribution in [0, 0.1) is 23.0 Å². The molecule has 106 valence electrons. The second kappa shape index (κ2) is 6.01. The van der Waals surface area contributed by atoms with Crippen LogP contribution < -0.4 is 11.1 Å². The molecule has 3 N–H and O–H groups in total. The van der Waals surface area contributed by atoms with Crippen LogP contribution in [-0.4, -0.2) is 5.91 Å². The number of amides is 1. The number of hydrogen-bond acceptors (Lipinski definition) is 3. The van der Waals surface area contributed by atoms with Crippen LogP contribution in [-0.2, 0) is 6.54 Å². The van der Waals surface area contributed by atoms with Crippen LogP contribution >= 0.6 is 0 Å². The summed E-state index contributed by atoms with van der Waals surface area (Å²) in [5.74, 6) is -2.49. The molecule has 0 aromatic heterocycles. The molecule has 21 heavy (non-hydrogen) atoms. The molecule has 0 aliphatic rings. The Labute approximate surface area is 119 Å². The Morgan fingerprint density at radius 2 is 1.90 bits per heavy atom. The third kappa shape index (κ3) is 3.34. The Morgan fingerprint density at radius 1 is 1.24 bits per heavy atom. The molecule has 4 nitrogen and oxygen atoms in total. The van der Waals surface area contributed by atoms with E-state index in [1.54, 1.807) is 24.3 Å². The van der Waals surface area contributed by atoms with Gasteiger partial charge in [-0.2, -0.15) is 5.26 Å². The van der Waals surface area contributed by atoms with E-state index in [2.05, 4.69) is 5.32 Å². The number of anilines is 1. The molecule has 6 heteroatoms. The topological polar surface area (TPSA) is 78.9 Å². The minimum atomic E-state index is -0.950. The molecule has 0 unspecified atom stereocenters. The van der Waals surface area contributed by atoms with Gasteiger partial charge < -0.3 is 11.1 Å². The molecule has 1 amide bonds. The highest BCUT2D eigenvalue weighted by Crippen LogP contribution is 2.17. The number of nitrogens with one attached hydrogen (secondary N) is 1. The van der Waals surface area contributed by atoms with Crippen molar-refractivity contribution in [1.82, 2.24) is 5.32 Å². The number of carbonyl (C=O) groups excluding carboxylic acids is 1. The molecule has 0 atom stereocenters. The fourth-order valence-corrected chi connectivity index (χ4v) is 1.75. The molecular formula is C15H11F2N3O. The Bertz CT molecular complexity index is 721. The summed E-state index contributed by atoms with van der Waals surface area (Å²) in [6.07, 6.45) is 0. The summed E-state index contributed by atoms with van der Waals surface area (Å²) < 4.78 is 26.8. The largest absolute Gasteiger partial charge is 0.396 e. The van der Waals surface area contributed by atoms with E-state index in [1.807, 2.05) is 6.07 Å². The Hall–Kier alpha value is -2.94. The van der Waals surface area contributed by atoms with Crippen LogP contribution in [0.2, 0.25) is 0 Å². The summed E-state index contributed by atoms with van der Waals surface area (Å²) in [6.45, 7) is 0.125. The first-order valence-electron chi connectivity index (χ1n) is 6.03. The molecular weight excluding hydrogens is 276 g/mol. The van der Waals surface area contributed by atoms with Gasteiger partial charge in [0.1, 0.15) is 5.82 Å². The predicted octanol–water partition coefficient (Wildman–Crippen LogP) is 2.35. The summed E-state index contributed by atoms with van der Waals surface area (Å²) >= 11 is 0. The van der Waals surface area contributed by atoms with E-state index in [0.717, 1.165) is 17.7 Å². The molecule has 0 aliphatic heterocycles. The van der Waals surface area contributed by atoms with Gasteiger partial charge in [0.2, 0.25) is 0 Å². The zero-order valence-corrected chi connectivity index (χ0v) is 10.9. The first-order chi connectivity index (χ1) is 10.0. The van der Waals surface area contributed by atoms with Crippen molar-refractivity contribution in [1.29, 1.82) is 5.26 Å². The molecule has 2 aromatic rings. The highest BCUT2D eigenvalue weighted by molar-refractivity contribution is 5.95. The number of nitrogens with two attached hydrogens (primary N) is 1. The van der Waals surface area contributed by atoms with Crippen LogP contribution in [0.25, 0.3) is 0 Å². The molecule has 0 heterocycles. The number of rotatable bonds is 3. The van der Waals surface area contributed by atoms with Crippen LogP contribution in [0.1, 0.15) is 21.5 Å². The standard InChI is InChI=1S/C15H11F2N3O/c16-11-5-12(14(17)13(19)6-11)15(21)20-8-10-3-1-9(7-18)2-4-10/h1-6H,8,19H2,(H,20,21). The molecule has 2 aromatic carbocycles. The fraction of sp³-hybridized carbons (Fsp3) is 0.0667. The van der Waals surface area contributed by atoms with Crippen molar-refractivity contribution in [3.63, 3.8) is 0 Å². The maximum Gasteiger partial charge on any atom is 0.254 e. The van der Waals surface area contributed by atoms with Gasteiger partial charge in [0.05, 0.1) is 22.9 Å². The van der Waals surface area contributed by atoms with Gasteiger partial charge in [-0.3, -0.25) is 4.79 Å². The van der Waals surface area contributed by atoms with Gasteiger partial charge in [-0.15, -0.1) is 0 Å². The Kier molecular flexibility index (Phi) is 4.14. The number of hydrogen-bond donors (Lipinski definition) is 2. The monoisotopic (exact) mass is 287 g/mol. The number of benzene rings is 2. The van der Waals surface area contributed by atoms with E-state index in [0.29, 0.717) is 5.56 Å². The van der Waals surface area contributed by atoms with Crippen molar-refractivity contribution in [3.05, 3.63) is 64.7 Å². The lowest BCUT2D eigenvalue weighted by Gasteiger charge is -2.08. The zero-order valence-electron chi connectivity index (χ0n) is 10.9. The molecule has 0 bridgehead atoms. The molecule has 0 spiro atoms. The summed E-state index contributed by atoms with van der Waals surface area (Å²) in [5, 5.41) is 11.1. The zero-order chi connectivity index (χ0) is 15.4. The molecule has 0 saturated carbocycles. The second-order valence-electron chi connectivity index (χ2n) is 4.35. The predicted molar refractivity (Wildman–Crippen MR) is 73.1 cm³/mol. The highest BCUT2D eigenvalue weighted by Gasteiger charge is 2.15. The van der Waals surface area contributed by atoms with Crippen molar-refractivity contribution >= 4 is 11.6 Å². The van der Waals surface area contributed by atoms with E-state index >= 15 is 0 Å². The van der Waals surface area contributed by atoms with Gasteiger partial charge in [0, 0.05) is 6.54 Å². The number of nitrogens with zero attached hydrogens (tertiary/aromatic N) is 1. The Morgan fingerprint density at radius 3 is 2.52 bits per heavy atom. The van der Waals surface area contributed by atoms with Gasteiger partial charge in [0.25, 0.3) is 5.91 Å². The SMILES string of the molecule is N#Cc1ccc(CNC(=O)c2cc(F)cc(N)c2F)cc1. The molecule has 0 saturated heterocycles.